The Labute approximate surface area is 739 Å². The van der Waals surface area contributed by atoms with E-state index in [0.29, 0.717) is 0 Å². The van der Waals surface area contributed by atoms with Crippen molar-refractivity contribution < 1.29 is 4.74 Å². The second-order valence-corrected chi connectivity index (χ2v) is 33.5. The maximum Gasteiger partial charge on any atom is 0.127 e. The number of hydrogen-bond acceptors (Lipinski definition) is 1. The van der Waals surface area contributed by atoms with Crippen LogP contribution in [0.5, 0.6) is 11.5 Å². The van der Waals surface area contributed by atoms with Gasteiger partial charge in [-0.25, -0.2) is 0 Å². The molecule has 18 rings (SSSR count). The van der Waals surface area contributed by atoms with Crippen LogP contribution in [-0.2, 0) is 16.2 Å². The molecule has 0 aliphatic heterocycles. The molecule has 1 nitrogen and oxygen atoms in total. The fourth-order valence-electron chi connectivity index (χ4n) is 19.8. The first-order chi connectivity index (χ1) is 61.6. The summed E-state index contributed by atoms with van der Waals surface area (Å²) >= 11 is 0. The maximum atomic E-state index is 7.26. The zero-order valence-electron chi connectivity index (χ0n) is 71.9. The molecule has 1 aliphatic rings. The third-order valence-corrected chi connectivity index (χ3v) is 25.7. The summed E-state index contributed by atoms with van der Waals surface area (Å²) in [6.07, 6.45) is 7.86. The molecule has 17 aromatic carbocycles. The first-order valence-corrected chi connectivity index (χ1v) is 44.5. The van der Waals surface area contributed by atoms with E-state index >= 15 is 0 Å². The Morgan fingerprint density at radius 2 is 0.512 bits per heavy atom. The molecule has 0 saturated heterocycles. The third-order valence-electron chi connectivity index (χ3n) is 25.7. The average molecular weight is 1610 g/mol. The molecule has 1 heteroatoms. The van der Waals surface area contributed by atoms with Gasteiger partial charge in [0, 0.05) is 44.2 Å². The van der Waals surface area contributed by atoms with E-state index in [1.165, 1.54) is 50.1 Å². The van der Waals surface area contributed by atoms with Gasteiger partial charge in [0.1, 0.15) is 11.5 Å². The highest BCUT2D eigenvalue weighted by atomic mass is 16.5. The highest BCUT2D eigenvalue weighted by Crippen LogP contribution is 2.67. The Bertz CT molecular complexity index is 6660. The maximum absolute atomic E-state index is 7.26. The van der Waals surface area contributed by atoms with E-state index in [9.17, 15) is 0 Å². The van der Waals surface area contributed by atoms with Crippen molar-refractivity contribution in [2.75, 3.05) is 0 Å². The SMILES string of the molecule is CCCCC(C)(CCC)c1cc(C#Cc2ccccc2)cc(-c2c(-c3ccccc3)c(-c3ccccc3)c(-c3ccc(Oc4ccc(-c5c(-c6ccccc6)c(-c6ccccc6)c6c(c5-c5ccccc5)C(CC)(c5ccccc5)CC6(CC)c5cc(C#Cc6ccccc6)cc(C#Cc6ccccc6)c5)cc4)cc3)c(-c3ccccc3)c2-c2ccccc2)c1. The average Bonchev–Trinajstić information content (AvgIpc) is 1.52. The van der Waals surface area contributed by atoms with Crippen LogP contribution in [0, 0.1) is 35.5 Å². The predicted octanol–water partition coefficient (Wildman–Crippen LogP) is 32.4. The fraction of sp³-hybridized carbons (Fsp3) is 0.129. The van der Waals surface area contributed by atoms with E-state index < -0.39 is 10.8 Å². The zero-order chi connectivity index (χ0) is 84.9. The highest BCUT2D eigenvalue weighted by Gasteiger charge is 2.56. The van der Waals surface area contributed by atoms with E-state index in [1.807, 2.05) is 12.1 Å². The first kappa shape index (κ1) is 81.2. The number of fused-ring (bicyclic) bond motifs is 1. The molecule has 0 radical (unpaired) electrons. The zero-order valence-corrected chi connectivity index (χ0v) is 71.9. The molecule has 0 amide bonds. The predicted molar refractivity (Wildman–Crippen MR) is 526 cm³/mol. The lowest BCUT2D eigenvalue weighted by atomic mass is 9.66. The van der Waals surface area contributed by atoms with E-state index in [2.05, 4.69) is 477 Å². The van der Waals surface area contributed by atoms with Gasteiger partial charge in [0.2, 0.25) is 0 Å². The van der Waals surface area contributed by atoms with Crippen LogP contribution >= 0.6 is 0 Å². The van der Waals surface area contributed by atoms with Crippen molar-refractivity contribution in [2.24, 2.45) is 0 Å². The third kappa shape index (κ3) is 16.6. The van der Waals surface area contributed by atoms with Gasteiger partial charge in [-0.3, -0.25) is 0 Å². The van der Waals surface area contributed by atoms with E-state index in [-0.39, 0.29) is 5.41 Å². The molecule has 0 aromatic heterocycles. The molecule has 3 unspecified atom stereocenters. The minimum absolute atomic E-state index is 0.110. The number of rotatable bonds is 22. The lowest BCUT2D eigenvalue weighted by molar-refractivity contribution is 0.382. The Hall–Kier alpha value is -14.8. The monoisotopic (exact) mass is 1600 g/mol. The van der Waals surface area contributed by atoms with Crippen molar-refractivity contribution in [2.45, 2.75) is 102 Å². The summed E-state index contributed by atoms with van der Waals surface area (Å²) in [4.78, 5) is 0. The van der Waals surface area contributed by atoms with Crippen LogP contribution in [-0.4, -0.2) is 0 Å². The summed E-state index contributed by atoms with van der Waals surface area (Å²) in [5, 5.41) is 0. The summed E-state index contributed by atoms with van der Waals surface area (Å²) in [5.41, 5.74) is 33.9. The molecular formula is C124H100O. The van der Waals surface area contributed by atoms with Crippen LogP contribution in [0.1, 0.15) is 147 Å². The van der Waals surface area contributed by atoms with Gasteiger partial charge in [0.25, 0.3) is 0 Å². The summed E-state index contributed by atoms with van der Waals surface area (Å²) < 4.78 is 7.26. The first-order valence-electron chi connectivity index (χ1n) is 44.5. The summed E-state index contributed by atoms with van der Waals surface area (Å²) in [6, 6.07) is 153. The number of benzene rings is 17. The van der Waals surface area contributed by atoms with Gasteiger partial charge in [0.05, 0.1) is 0 Å². The van der Waals surface area contributed by atoms with Gasteiger partial charge in [-0.05, 0) is 268 Å². The Balaban J connectivity index is 0.847. The summed E-state index contributed by atoms with van der Waals surface area (Å²) in [7, 11) is 0. The minimum Gasteiger partial charge on any atom is -0.457 e. The van der Waals surface area contributed by atoms with Crippen molar-refractivity contribution in [3.63, 3.8) is 0 Å². The van der Waals surface area contributed by atoms with Crippen molar-refractivity contribution in [3.8, 4) is 158 Å². The van der Waals surface area contributed by atoms with Gasteiger partial charge < -0.3 is 4.74 Å². The normalized spacial score (nSPS) is 14.2. The van der Waals surface area contributed by atoms with Crippen LogP contribution in [0.4, 0.5) is 0 Å². The number of unbranched alkanes of at least 4 members (excludes halogenated alkanes) is 1. The molecule has 0 saturated carbocycles. The number of ether oxygens (including phenoxy) is 1. The molecule has 0 bridgehead atoms. The molecule has 0 spiro atoms. The molecule has 0 fully saturated rings. The van der Waals surface area contributed by atoms with E-state index in [0.717, 1.165) is 185 Å². The molecule has 602 valence electrons. The Morgan fingerprint density at radius 3 is 0.832 bits per heavy atom. The van der Waals surface area contributed by atoms with Crippen molar-refractivity contribution >= 4 is 0 Å². The van der Waals surface area contributed by atoms with Crippen molar-refractivity contribution in [3.05, 3.63) is 480 Å². The van der Waals surface area contributed by atoms with Crippen molar-refractivity contribution in [1.29, 1.82) is 0 Å². The highest BCUT2D eigenvalue weighted by molar-refractivity contribution is 6.15. The van der Waals surface area contributed by atoms with Gasteiger partial charge in [-0.1, -0.05) is 417 Å². The van der Waals surface area contributed by atoms with Crippen LogP contribution in [0.25, 0.3) is 111 Å². The second kappa shape index (κ2) is 36.9. The quantitative estimate of drug-likeness (QED) is 0.0615. The lowest BCUT2D eigenvalue weighted by Gasteiger charge is -2.36. The molecule has 3 atom stereocenters. The molecular weight excluding hydrogens is 1510 g/mol. The largest absolute Gasteiger partial charge is 0.457 e. The van der Waals surface area contributed by atoms with Crippen LogP contribution < -0.4 is 4.74 Å². The van der Waals surface area contributed by atoms with Gasteiger partial charge >= 0.3 is 0 Å². The van der Waals surface area contributed by atoms with E-state index in [1.54, 1.807) is 0 Å². The molecule has 1 aliphatic carbocycles. The number of hydrogen-bond donors (Lipinski definition) is 0. The molecule has 0 heterocycles. The summed E-state index contributed by atoms with van der Waals surface area (Å²) in [5.74, 6) is 23.4. The molecule has 17 aromatic rings. The Morgan fingerprint density at radius 1 is 0.240 bits per heavy atom. The fourth-order valence-corrected chi connectivity index (χ4v) is 19.8. The van der Waals surface area contributed by atoms with Crippen LogP contribution in [0.15, 0.2) is 419 Å². The van der Waals surface area contributed by atoms with Gasteiger partial charge in [-0.15, -0.1) is 0 Å². The summed E-state index contributed by atoms with van der Waals surface area (Å²) in [6.45, 7) is 12.0. The molecule has 0 N–H and O–H groups in total. The topological polar surface area (TPSA) is 9.23 Å². The minimum atomic E-state index is -0.594. The Kier molecular flexibility index (Phi) is 24.0. The molecule has 125 heavy (non-hydrogen) atoms. The standard InChI is InChI=1S/C124H100O/c1-6-10-81-122(5,80-7-2)106-84-94(71-68-91-48-26-13-27-49-91)83-104(87-106)117-112(97-54-32-16-33-55-97)110(95-50-28-14-29-51-95)114(111(96-52-30-15-31-53-96)113(117)98-56-34-17-35-57-98)102-72-76-108(77-73-102)125-109-78-74-103(75-79-109)116-115(99-58-36-18-37-59-99)118(100-60-38-19-39-61-100)121-120(119(116)101-62-40-20-41-63-101)123(8-3,105-64-42-21-43-65-105)88-124(121,9-4)107-85-92(69-66-89-44-22-11-23-45-89)82-93(86-107)70-67-90-46-24-12-25-47-90/h11-65,72-79,82-87H,6-10,80-81,88H2,1-5H3. The van der Waals surface area contributed by atoms with Crippen LogP contribution in [0.3, 0.4) is 0 Å². The smallest absolute Gasteiger partial charge is 0.127 e. The lowest BCUT2D eigenvalue weighted by Crippen LogP contribution is -2.30. The van der Waals surface area contributed by atoms with Crippen LogP contribution in [0.2, 0.25) is 0 Å². The van der Waals surface area contributed by atoms with Gasteiger partial charge in [0.15, 0.2) is 0 Å². The van der Waals surface area contributed by atoms with E-state index in [4.69, 9.17) is 4.74 Å². The second-order valence-electron chi connectivity index (χ2n) is 33.5. The van der Waals surface area contributed by atoms with Crippen molar-refractivity contribution in [1.82, 2.24) is 0 Å². The van der Waals surface area contributed by atoms with Gasteiger partial charge in [-0.2, -0.15) is 0 Å².